The number of fused-ring (bicyclic) bond motifs is 2. The van der Waals surface area contributed by atoms with Crippen molar-refractivity contribution >= 4 is 39.6 Å². The van der Waals surface area contributed by atoms with E-state index >= 15 is 0 Å². The van der Waals surface area contributed by atoms with Gasteiger partial charge in [0.15, 0.2) is 0 Å². The molecule has 1 fully saturated rings. The molecule has 0 aliphatic carbocycles. The first-order valence-corrected chi connectivity index (χ1v) is 12.0. The molecule has 0 atom stereocenters. The Labute approximate surface area is 208 Å². The number of aromatic nitrogens is 5. The highest BCUT2D eigenvalue weighted by Crippen LogP contribution is 2.27. The summed E-state index contributed by atoms with van der Waals surface area (Å²) in [5, 5.41) is 4.83. The van der Waals surface area contributed by atoms with E-state index in [1.807, 2.05) is 36.7 Å². The van der Waals surface area contributed by atoms with Gasteiger partial charge in [-0.25, -0.2) is 19.9 Å². The number of anilines is 2. The summed E-state index contributed by atoms with van der Waals surface area (Å²) >= 11 is 0. The molecule has 0 saturated carbocycles. The minimum atomic E-state index is -0.263. The largest absolute Gasteiger partial charge is 0.354 e. The number of nitrogens with zero attached hydrogens (tertiary/aromatic N) is 6. The molecule has 1 aliphatic heterocycles. The first-order valence-electron chi connectivity index (χ1n) is 12.0. The molecule has 1 saturated heterocycles. The lowest BCUT2D eigenvalue weighted by Crippen LogP contribution is -2.44. The number of pyridine rings is 2. The second kappa shape index (κ2) is 9.01. The fourth-order valence-electron chi connectivity index (χ4n) is 4.50. The van der Waals surface area contributed by atoms with E-state index in [2.05, 4.69) is 60.1 Å². The van der Waals surface area contributed by atoms with E-state index < -0.39 is 0 Å². The van der Waals surface area contributed by atoms with Crippen molar-refractivity contribution in [3.8, 4) is 11.1 Å². The van der Waals surface area contributed by atoms with E-state index in [0.29, 0.717) is 5.56 Å². The van der Waals surface area contributed by atoms with E-state index in [4.69, 9.17) is 0 Å². The second-order valence-electron chi connectivity index (χ2n) is 9.21. The summed E-state index contributed by atoms with van der Waals surface area (Å²) in [5.74, 6) is 0.807. The molecule has 0 radical (unpaired) electrons. The number of carbonyl (C=O) groups excluding carboxylic acids is 1. The zero-order valence-electron chi connectivity index (χ0n) is 20.2. The summed E-state index contributed by atoms with van der Waals surface area (Å²) in [5.41, 5.74) is 5.30. The Morgan fingerprint density at radius 1 is 0.972 bits per heavy atom. The number of carbonyl (C=O) groups is 1. The maximum Gasteiger partial charge on any atom is 0.258 e. The van der Waals surface area contributed by atoms with Gasteiger partial charge in [0.1, 0.15) is 11.5 Å². The van der Waals surface area contributed by atoms with Crippen molar-refractivity contribution in [3.05, 3.63) is 72.3 Å². The number of likely N-dealkylation sites (N-methyl/N-ethyl adjacent to an activating group) is 1. The smallest absolute Gasteiger partial charge is 0.258 e. The van der Waals surface area contributed by atoms with Gasteiger partial charge in [-0.3, -0.25) is 10.1 Å². The van der Waals surface area contributed by atoms with Crippen LogP contribution in [-0.4, -0.2) is 69.0 Å². The average Bonchev–Trinajstić information content (AvgIpc) is 3.28. The van der Waals surface area contributed by atoms with Gasteiger partial charge in [0.05, 0.1) is 5.52 Å². The predicted molar refractivity (Wildman–Crippen MR) is 141 cm³/mol. The highest BCUT2D eigenvalue weighted by atomic mass is 16.1. The van der Waals surface area contributed by atoms with Gasteiger partial charge in [-0.2, -0.15) is 0 Å². The second-order valence-corrected chi connectivity index (χ2v) is 9.21. The van der Waals surface area contributed by atoms with Gasteiger partial charge < -0.3 is 14.8 Å². The van der Waals surface area contributed by atoms with Crippen molar-refractivity contribution in [2.75, 3.05) is 43.4 Å². The van der Waals surface area contributed by atoms with E-state index in [-0.39, 0.29) is 11.9 Å². The Morgan fingerprint density at radius 3 is 2.69 bits per heavy atom. The molecule has 2 N–H and O–H groups in total. The molecule has 0 unspecified atom stereocenters. The fraction of sp³-hybridized carbons (Fsp3) is 0.222. The molecule has 180 valence electrons. The van der Waals surface area contributed by atoms with Crippen LogP contribution in [0.2, 0.25) is 0 Å². The quantitative estimate of drug-likeness (QED) is 0.404. The first-order chi connectivity index (χ1) is 17.5. The van der Waals surface area contributed by atoms with Crippen LogP contribution in [0, 0.1) is 6.92 Å². The lowest BCUT2D eigenvalue weighted by molar-refractivity contribution is 0.102. The van der Waals surface area contributed by atoms with Gasteiger partial charge >= 0.3 is 0 Å². The standard InChI is InChI=1S/C27H26N8O/c1-17-14-29-25-22(17)11-21(16-30-25)18-3-4-20-15-31-27(32-23(20)12-18)33-26(36)19-5-6-28-24(13-19)35-9-7-34(2)8-10-35/h3-6,11-16H,7-10H2,1-2H3,(H,29,30)(H,31,32,33,36). The van der Waals surface area contributed by atoms with Crippen LogP contribution in [0.1, 0.15) is 15.9 Å². The summed E-state index contributed by atoms with van der Waals surface area (Å²) in [6.07, 6.45) is 7.21. The summed E-state index contributed by atoms with van der Waals surface area (Å²) in [6.45, 7) is 5.77. The van der Waals surface area contributed by atoms with Gasteiger partial charge in [-0.15, -0.1) is 0 Å². The van der Waals surface area contributed by atoms with Crippen molar-refractivity contribution in [1.82, 2.24) is 29.8 Å². The van der Waals surface area contributed by atoms with Gasteiger partial charge in [0, 0.05) is 72.9 Å². The maximum atomic E-state index is 13.0. The van der Waals surface area contributed by atoms with Crippen LogP contribution in [0.3, 0.4) is 0 Å². The molecule has 36 heavy (non-hydrogen) atoms. The van der Waals surface area contributed by atoms with Gasteiger partial charge in [0.25, 0.3) is 5.91 Å². The number of aryl methyl sites for hydroxylation is 1. The Balaban J connectivity index is 1.24. The number of piperazine rings is 1. The Bertz CT molecular complexity index is 1590. The normalized spacial score (nSPS) is 14.4. The molecule has 4 aromatic heterocycles. The first kappa shape index (κ1) is 22.1. The van der Waals surface area contributed by atoms with E-state index in [1.165, 1.54) is 0 Å². The molecule has 9 heteroatoms. The number of nitrogens with one attached hydrogen (secondary N) is 2. The predicted octanol–water partition coefficient (Wildman–Crippen LogP) is 3.88. The van der Waals surface area contributed by atoms with Gasteiger partial charge in [-0.05, 0) is 49.4 Å². The number of aromatic amines is 1. The van der Waals surface area contributed by atoms with Crippen molar-refractivity contribution in [1.29, 1.82) is 0 Å². The molecule has 6 rings (SSSR count). The summed E-state index contributed by atoms with van der Waals surface area (Å²) in [4.78, 5) is 38.6. The van der Waals surface area contributed by atoms with Crippen LogP contribution < -0.4 is 10.2 Å². The lowest BCUT2D eigenvalue weighted by atomic mass is 10.0. The zero-order chi connectivity index (χ0) is 24.6. The van der Waals surface area contributed by atoms with Crippen molar-refractivity contribution in [3.63, 3.8) is 0 Å². The van der Waals surface area contributed by atoms with E-state index in [9.17, 15) is 4.79 Å². The third kappa shape index (κ3) is 4.25. The topological polar surface area (TPSA) is 103 Å². The number of hydrogen-bond donors (Lipinski definition) is 2. The maximum absolute atomic E-state index is 13.0. The highest BCUT2D eigenvalue weighted by Gasteiger charge is 2.17. The number of H-pyrrole nitrogens is 1. The van der Waals surface area contributed by atoms with Crippen LogP contribution in [0.25, 0.3) is 33.1 Å². The molecule has 0 spiro atoms. The number of hydrogen-bond acceptors (Lipinski definition) is 7. The van der Waals surface area contributed by atoms with Crippen LogP contribution >= 0.6 is 0 Å². The Kier molecular flexibility index (Phi) is 5.54. The monoisotopic (exact) mass is 478 g/mol. The Morgan fingerprint density at radius 2 is 1.83 bits per heavy atom. The zero-order valence-corrected chi connectivity index (χ0v) is 20.2. The highest BCUT2D eigenvalue weighted by molar-refractivity contribution is 6.04. The SMILES string of the molecule is Cc1c[nH]c2ncc(-c3ccc4cnc(NC(=O)c5ccnc(N6CCN(C)CC6)c5)nc4c3)cc12. The molecular weight excluding hydrogens is 452 g/mol. The summed E-state index contributed by atoms with van der Waals surface area (Å²) < 4.78 is 0. The van der Waals surface area contributed by atoms with Crippen LogP contribution in [0.5, 0.6) is 0 Å². The van der Waals surface area contributed by atoms with E-state index in [0.717, 1.165) is 70.6 Å². The average molecular weight is 479 g/mol. The Hall–Kier alpha value is -4.37. The molecule has 1 aliphatic rings. The minimum Gasteiger partial charge on any atom is -0.354 e. The molecule has 5 aromatic rings. The van der Waals surface area contributed by atoms with Gasteiger partial charge in [-0.1, -0.05) is 12.1 Å². The number of benzene rings is 1. The molecule has 1 aromatic carbocycles. The van der Waals surface area contributed by atoms with Crippen molar-refractivity contribution in [2.45, 2.75) is 6.92 Å². The summed E-state index contributed by atoms with van der Waals surface area (Å²) in [6, 6.07) is 11.7. The minimum absolute atomic E-state index is 0.262. The fourth-order valence-corrected chi connectivity index (χ4v) is 4.50. The van der Waals surface area contributed by atoms with E-state index in [1.54, 1.807) is 18.5 Å². The van der Waals surface area contributed by atoms with Crippen molar-refractivity contribution in [2.24, 2.45) is 0 Å². The molecule has 5 heterocycles. The van der Waals surface area contributed by atoms with Crippen LogP contribution in [-0.2, 0) is 0 Å². The summed E-state index contributed by atoms with van der Waals surface area (Å²) in [7, 11) is 2.11. The third-order valence-corrected chi connectivity index (χ3v) is 6.71. The van der Waals surface area contributed by atoms with Crippen molar-refractivity contribution < 1.29 is 4.79 Å². The third-order valence-electron chi connectivity index (χ3n) is 6.71. The van der Waals surface area contributed by atoms with Crippen LogP contribution in [0.15, 0.2) is 61.2 Å². The molecule has 0 bridgehead atoms. The molecular formula is C27H26N8O. The number of amides is 1. The van der Waals surface area contributed by atoms with Gasteiger partial charge in [0.2, 0.25) is 5.95 Å². The molecule has 1 amide bonds. The van der Waals surface area contributed by atoms with Crippen LogP contribution in [0.4, 0.5) is 11.8 Å². The molecule has 9 nitrogen and oxygen atoms in total. The lowest BCUT2D eigenvalue weighted by Gasteiger charge is -2.33. The number of rotatable bonds is 4.